The van der Waals surface area contributed by atoms with Crippen LogP contribution in [0.4, 0.5) is 4.39 Å². The Labute approximate surface area is 73.7 Å². The number of halogens is 1. The molecule has 2 unspecified atom stereocenters. The van der Waals surface area contributed by atoms with Gasteiger partial charge in [0.1, 0.15) is 0 Å². The van der Waals surface area contributed by atoms with Crippen molar-refractivity contribution in [2.75, 3.05) is 6.54 Å². The second kappa shape index (κ2) is 3.91. The molecular weight excluding hydrogens is 153 g/mol. The second-order valence-corrected chi connectivity index (χ2v) is 3.57. The van der Waals surface area contributed by atoms with Crippen molar-refractivity contribution in [3.05, 3.63) is 0 Å². The van der Waals surface area contributed by atoms with Crippen molar-refractivity contribution in [1.29, 1.82) is 0 Å². The lowest BCUT2D eigenvalue weighted by Crippen LogP contribution is -2.30. The van der Waals surface area contributed by atoms with Crippen molar-refractivity contribution < 1.29 is 4.39 Å². The van der Waals surface area contributed by atoms with E-state index >= 15 is 0 Å². The van der Waals surface area contributed by atoms with Crippen LogP contribution in [0, 0.1) is 11.8 Å². The summed E-state index contributed by atoms with van der Waals surface area (Å²) in [5, 5.41) is 3.26. The third kappa shape index (κ3) is 2.83. The predicted octanol–water partition coefficient (Wildman–Crippen LogP) is 1.88. The van der Waals surface area contributed by atoms with E-state index in [4.69, 9.17) is 0 Å². The topological polar surface area (TPSA) is 12.0 Å². The van der Waals surface area contributed by atoms with Crippen molar-refractivity contribution in [2.45, 2.75) is 44.8 Å². The lowest BCUT2D eigenvalue weighted by Gasteiger charge is -2.18. The van der Waals surface area contributed by atoms with Crippen molar-refractivity contribution in [3.8, 4) is 11.8 Å². The molecule has 0 radical (unpaired) electrons. The van der Waals surface area contributed by atoms with Gasteiger partial charge in [0, 0.05) is 12.5 Å². The number of nitrogens with one attached hydrogen (secondary N) is 1. The molecular formula is C10H16FN. The summed E-state index contributed by atoms with van der Waals surface area (Å²) in [7, 11) is 0. The summed E-state index contributed by atoms with van der Waals surface area (Å²) in [5.74, 6) is 5.22. The Morgan fingerprint density at radius 2 is 2.42 bits per heavy atom. The van der Waals surface area contributed by atoms with Gasteiger partial charge in [-0.1, -0.05) is 5.92 Å². The fourth-order valence-corrected chi connectivity index (χ4v) is 1.71. The molecule has 0 spiro atoms. The molecule has 0 saturated carbocycles. The first-order valence-corrected chi connectivity index (χ1v) is 4.50. The van der Waals surface area contributed by atoms with E-state index in [-0.39, 0.29) is 0 Å². The van der Waals surface area contributed by atoms with Gasteiger partial charge in [0.2, 0.25) is 0 Å². The Morgan fingerprint density at radius 1 is 1.67 bits per heavy atom. The summed E-state index contributed by atoms with van der Waals surface area (Å²) in [6.45, 7) is 4.27. The highest BCUT2D eigenvalue weighted by Crippen LogP contribution is 2.21. The van der Waals surface area contributed by atoms with Gasteiger partial charge in [-0.3, -0.25) is 0 Å². The molecule has 2 heteroatoms. The fourth-order valence-electron chi connectivity index (χ4n) is 1.71. The number of hydrogen-bond acceptors (Lipinski definition) is 1. The van der Waals surface area contributed by atoms with Crippen molar-refractivity contribution in [3.63, 3.8) is 0 Å². The maximum atomic E-state index is 13.5. The Balaban J connectivity index is 2.40. The van der Waals surface area contributed by atoms with Crippen LogP contribution in [0.5, 0.6) is 0 Å². The van der Waals surface area contributed by atoms with Crippen molar-refractivity contribution in [2.24, 2.45) is 0 Å². The molecule has 1 nitrogen and oxygen atoms in total. The molecule has 1 aliphatic heterocycles. The molecule has 1 rings (SSSR count). The zero-order chi connectivity index (χ0) is 9.03. The Hall–Kier alpha value is -0.550. The van der Waals surface area contributed by atoms with E-state index in [1.165, 1.54) is 6.42 Å². The van der Waals surface area contributed by atoms with E-state index in [0.29, 0.717) is 12.5 Å². The summed E-state index contributed by atoms with van der Waals surface area (Å²) in [4.78, 5) is 0. The zero-order valence-electron chi connectivity index (χ0n) is 7.78. The molecule has 0 aromatic carbocycles. The average Bonchev–Trinajstić information content (AvgIpc) is 2.38. The molecule has 68 valence electrons. The van der Waals surface area contributed by atoms with Gasteiger partial charge < -0.3 is 5.32 Å². The standard InChI is InChI=1S/C10H16FN/c1-3-6-10(2,11)8-9-5-4-7-12-9/h9,12H,4-5,7-8H2,1-2H3. The summed E-state index contributed by atoms with van der Waals surface area (Å²) >= 11 is 0. The second-order valence-electron chi connectivity index (χ2n) is 3.57. The molecule has 1 saturated heterocycles. The molecule has 12 heavy (non-hydrogen) atoms. The van der Waals surface area contributed by atoms with Crippen LogP contribution in [0.25, 0.3) is 0 Å². The normalized spacial score (nSPS) is 27.4. The molecule has 0 aromatic rings. The first-order valence-electron chi connectivity index (χ1n) is 4.50. The summed E-state index contributed by atoms with van der Waals surface area (Å²) < 4.78 is 13.5. The minimum absolute atomic E-state index is 0.334. The third-order valence-corrected chi connectivity index (χ3v) is 2.18. The molecule has 0 amide bonds. The molecule has 1 N–H and O–H groups in total. The quantitative estimate of drug-likeness (QED) is 0.622. The van der Waals surface area contributed by atoms with Crippen LogP contribution in [0.15, 0.2) is 0 Å². The smallest absolute Gasteiger partial charge is 0.169 e. The van der Waals surface area contributed by atoms with Crippen LogP contribution in [0.3, 0.4) is 0 Å². The van der Waals surface area contributed by atoms with Crippen LogP contribution >= 0.6 is 0 Å². The molecule has 1 fully saturated rings. The van der Waals surface area contributed by atoms with Gasteiger partial charge >= 0.3 is 0 Å². The zero-order valence-corrected chi connectivity index (χ0v) is 7.78. The molecule has 0 aliphatic carbocycles. The van der Waals surface area contributed by atoms with Crippen molar-refractivity contribution in [1.82, 2.24) is 5.32 Å². The molecule has 1 aliphatic rings. The van der Waals surface area contributed by atoms with Gasteiger partial charge in [-0.2, -0.15) is 0 Å². The monoisotopic (exact) mass is 169 g/mol. The lowest BCUT2D eigenvalue weighted by molar-refractivity contribution is 0.230. The van der Waals surface area contributed by atoms with Crippen LogP contribution in [-0.2, 0) is 0 Å². The first kappa shape index (κ1) is 9.54. The predicted molar refractivity (Wildman–Crippen MR) is 48.6 cm³/mol. The third-order valence-electron chi connectivity index (χ3n) is 2.18. The maximum absolute atomic E-state index is 13.5. The minimum atomic E-state index is -1.31. The SMILES string of the molecule is CC#CC(C)(F)CC1CCCN1. The minimum Gasteiger partial charge on any atom is -0.314 e. The largest absolute Gasteiger partial charge is 0.314 e. The molecule has 0 aromatic heterocycles. The molecule has 2 atom stereocenters. The highest BCUT2D eigenvalue weighted by molar-refractivity contribution is 5.11. The van der Waals surface area contributed by atoms with Crippen LogP contribution < -0.4 is 5.32 Å². The summed E-state index contributed by atoms with van der Waals surface area (Å²) in [6.07, 6.45) is 2.78. The van der Waals surface area contributed by atoms with E-state index in [2.05, 4.69) is 17.2 Å². The number of rotatable bonds is 2. The first-order chi connectivity index (χ1) is 5.64. The van der Waals surface area contributed by atoms with Crippen LogP contribution in [0.1, 0.15) is 33.1 Å². The lowest BCUT2D eigenvalue weighted by atomic mass is 9.98. The highest BCUT2D eigenvalue weighted by Gasteiger charge is 2.26. The van der Waals surface area contributed by atoms with Gasteiger partial charge in [-0.05, 0) is 33.2 Å². The maximum Gasteiger partial charge on any atom is 0.169 e. The van der Waals surface area contributed by atoms with E-state index in [0.717, 1.165) is 13.0 Å². The van der Waals surface area contributed by atoms with E-state index in [1.807, 2.05) is 0 Å². The number of hydrogen-bond donors (Lipinski definition) is 1. The van der Waals surface area contributed by atoms with E-state index in [1.54, 1.807) is 13.8 Å². The van der Waals surface area contributed by atoms with Gasteiger partial charge in [-0.15, -0.1) is 5.92 Å². The van der Waals surface area contributed by atoms with Gasteiger partial charge in [0.25, 0.3) is 0 Å². The van der Waals surface area contributed by atoms with Crippen LogP contribution in [-0.4, -0.2) is 18.3 Å². The van der Waals surface area contributed by atoms with Crippen molar-refractivity contribution >= 4 is 0 Å². The fraction of sp³-hybridized carbons (Fsp3) is 0.800. The molecule has 1 heterocycles. The van der Waals surface area contributed by atoms with Gasteiger partial charge in [0.05, 0.1) is 0 Å². The van der Waals surface area contributed by atoms with Gasteiger partial charge in [-0.25, -0.2) is 4.39 Å². The van der Waals surface area contributed by atoms with Gasteiger partial charge in [0.15, 0.2) is 5.67 Å². The van der Waals surface area contributed by atoms with E-state index in [9.17, 15) is 4.39 Å². The summed E-state index contributed by atoms with van der Waals surface area (Å²) in [5.41, 5.74) is -1.31. The summed E-state index contributed by atoms with van der Waals surface area (Å²) in [6, 6.07) is 0.334. The van der Waals surface area contributed by atoms with Crippen LogP contribution in [0.2, 0.25) is 0 Å². The number of alkyl halides is 1. The molecule has 0 bridgehead atoms. The average molecular weight is 169 g/mol. The Bertz CT molecular complexity index is 194. The highest BCUT2D eigenvalue weighted by atomic mass is 19.1. The Kier molecular flexibility index (Phi) is 3.11. The van der Waals surface area contributed by atoms with E-state index < -0.39 is 5.67 Å². The Morgan fingerprint density at radius 3 is 2.92 bits per heavy atom.